The molecule has 0 atom stereocenters. The van der Waals surface area contributed by atoms with Gasteiger partial charge in [0.25, 0.3) is 0 Å². The van der Waals surface area contributed by atoms with Gasteiger partial charge >= 0.3 is 5.97 Å². The minimum atomic E-state index is -1.85. The number of carboxylic acid groups (broad SMARTS) is 1. The molecule has 0 bridgehead atoms. The standard InChI is InChI=1S/C12H16O3Si/c1-16(2,3)11(12(14)15)8-9-4-6-10(13)7-5-9/h4-8,13H,1-3H3,(H,14,15)/b11-8-. The van der Waals surface area contributed by atoms with Crippen LogP contribution in [0.5, 0.6) is 5.75 Å². The predicted molar refractivity (Wildman–Crippen MR) is 67.1 cm³/mol. The van der Waals surface area contributed by atoms with Gasteiger partial charge in [0.1, 0.15) is 5.75 Å². The van der Waals surface area contributed by atoms with Crippen molar-refractivity contribution in [2.45, 2.75) is 19.6 Å². The zero-order valence-electron chi connectivity index (χ0n) is 9.69. The number of phenols is 1. The van der Waals surface area contributed by atoms with E-state index < -0.39 is 14.0 Å². The molecule has 1 aromatic rings. The molecular weight excluding hydrogens is 220 g/mol. The van der Waals surface area contributed by atoms with Gasteiger partial charge in [0, 0.05) is 5.20 Å². The van der Waals surface area contributed by atoms with Crippen LogP contribution >= 0.6 is 0 Å². The molecule has 0 amide bonds. The summed E-state index contributed by atoms with van der Waals surface area (Å²) in [6, 6.07) is 6.52. The van der Waals surface area contributed by atoms with Crippen molar-refractivity contribution in [3.05, 3.63) is 35.0 Å². The highest BCUT2D eigenvalue weighted by Crippen LogP contribution is 2.19. The van der Waals surface area contributed by atoms with Gasteiger partial charge in [0.2, 0.25) is 0 Å². The maximum absolute atomic E-state index is 11.1. The normalized spacial score (nSPS) is 12.6. The van der Waals surface area contributed by atoms with E-state index in [2.05, 4.69) is 0 Å². The van der Waals surface area contributed by atoms with Crippen molar-refractivity contribution in [3.63, 3.8) is 0 Å². The molecular formula is C12H16O3Si. The third-order valence-corrected chi connectivity index (χ3v) is 4.22. The Bertz CT molecular complexity index is 413. The summed E-state index contributed by atoms with van der Waals surface area (Å²) in [5.74, 6) is -0.672. The Hall–Kier alpha value is -1.55. The SMILES string of the molecule is C[Si](C)(C)/C(=C\c1ccc(O)cc1)C(=O)O. The van der Waals surface area contributed by atoms with Crippen LogP contribution in [0.4, 0.5) is 0 Å². The number of benzene rings is 1. The van der Waals surface area contributed by atoms with Crippen LogP contribution in [0, 0.1) is 0 Å². The molecule has 4 heteroatoms. The Kier molecular flexibility index (Phi) is 3.54. The molecule has 0 aliphatic carbocycles. The molecule has 1 aromatic carbocycles. The predicted octanol–water partition coefficient (Wildman–Crippen LogP) is 2.74. The molecule has 3 nitrogen and oxygen atoms in total. The quantitative estimate of drug-likeness (QED) is 0.626. The second-order valence-corrected chi connectivity index (χ2v) is 9.74. The summed E-state index contributed by atoms with van der Waals surface area (Å²) in [7, 11) is -1.85. The minimum Gasteiger partial charge on any atom is -0.508 e. The fourth-order valence-electron chi connectivity index (χ4n) is 1.34. The van der Waals surface area contributed by atoms with Crippen molar-refractivity contribution in [2.75, 3.05) is 0 Å². The molecule has 1 rings (SSSR count). The van der Waals surface area contributed by atoms with Crippen LogP contribution in [0.3, 0.4) is 0 Å². The van der Waals surface area contributed by atoms with Crippen LogP contribution in [0.25, 0.3) is 6.08 Å². The molecule has 0 fully saturated rings. The Balaban J connectivity index is 3.13. The number of carbonyl (C=O) groups is 1. The first-order valence-corrected chi connectivity index (χ1v) is 8.55. The van der Waals surface area contributed by atoms with Crippen molar-refractivity contribution in [3.8, 4) is 5.75 Å². The van der Waals surface area contributed by atoms with E-state index >= 15 is 0 Å². The highest BCUT2D eigenvalue weighted by Gasteiger charge is 2.25. The van der Waals surface area contributed by atoms with Gasteiger partial charge in [-0.15, -0.1) is 0 Å². The molecule has 0 aromatic heterocycles. The monoisotopic (exact) mass is 236 g/mol. The van der Waals surface area contributed by atoms with E-state index in [9.17, 15) is 4.79 Å². The van der Waals surface area contributed by atoms with Gasteiger partial charge in [-0.1, -0.05) is 31.8 Å². The zero-order valence-corrected chi connectivity index (χ0v) is 10.7. The molecule has 0 saturated heterocycles. The van der Waals surface area contributed by atoms with E-state index in [1.165, 1.54) is 0 Å². The molecule has 0 heterocycles. The number of aliphatic carboxylic acids is 1. The lowest BCUT2D eigenvalue weighted by Crippen LogP contribution is -2.29. The fraction of sp³-hybridized carbons (Fsp3) is 0.250. The number of hydrogen-bond acceptors (Lipinski definition) is 2. The van der Waals surface area contributed by atoms with Crippen molar-refractivity contribution in [1.29, 1.82) is 0 Å². The lowest BCUT2D eigenvalue weighted by molar-refractivity contribution is -0.131. The molecule has 2 N–H and O–H groups in total. The Morgan fingerprint density at radius 1 is 1.19 bits per heavy atom. The van der Waals surface area contributed by atoms with E-state index in [0.29, 0.717) is 5.20 Å². The van der Waals surface area contributed by atoms with Crippen LogP contribution in [-0.2, 0) is 4.79 Å². The first kappa shape index (κ1) is 12.5. The number of phenolic OH excluding ortho intramolecular Hbond substituents is 1. The molecule has 0 spiro atoms. The van der Waals surface area contributed by atoms with Gasteiger partial charge in [-0.25, -0.2) is 4.79 Å². The second kappa shape index (κ2) is 4.53. The number of rotatable bonds is 3. The largest absolute Gasteiger partial charge is 0.508 e. The Morgan fingerprint density at radius 2 is 1.69 bits per heavy atom. The summed E-state index contributed by atoms with van der Waals surface area (Å²) in [5, 5.41) is 18.8. The zero-order chi connectivity index (χ0) is 12.3. The lowest BCUT2D eigenvalue weighted by Gasteiger charge is -2.16. The smallest absolute Gasteiger partial charge is 0.327 e. The van der Waals surface area contributed by atoms with Crippen LogP contribution in [-0.4, -0.2) is 24.3 Å². The number of hydrogen-bond donors (Lipinski definition) is 2. The van der Waals surface area contributed by atoms with E-state index in [4.69, 9.17) is 10.2 Å². The average Bonchev–Trinajstić information content (AvgIpc) is 2.14. The third-order valence-electron chi connectivity index (χ3n) is 2.24. The molecule has 0 radical (unpaired) electrons. The van der Waals surface area contributed by atoms with Crippen LogP contribution in [0.1, 0.15) is 5.56 Å². The highest BCUT2D eigenvalue weighted by atomic mass is 28.3. The van der Waals surface area contributed by atoms with E-state index in [-0.39, 0.29) is 5.75 Å². The number of aromatic hydroxyl groups is 1. The van der Waals surface area contributed by atoms with Gasteiger partial charge in [0.05, 0.1) is 8.07 Å². The summed E-state index contributed by atoms with van der Waals surface area (Å²) in [6.07, 6.45) is 1.69. The Morgan fingerprint density at radius 3 is 2.06 bits per heavy atom. The van der Waals surface area contributed by atoms with Gasteiger partial charge in [-0.3, -0.25) is 0 Å². The van der Waals surface area contributed by atoms with Gasteiger partial charge in [0.15, 0.2) is 0 Å². The second-order valence-electron chi connectivity index (χ2n) is 4.70. The van der Waals surface area contributed by atoms with E-state index in [0.717, 1.165) is 5.56 Å². The summed E-state index contributed by atoms with van der Waals surface area (Å²) >= 11 is 0. The topological polar surface area (TPSA) is 57.5 Å². The van der Waals surface area contributed by atoms with Gasteiger partial charge in [-0.2, -0.15) is 0 Å². The maximum atomic E-state index is 11.1. The Labute approximate surface area is 96.1 Å². The van der Waals surface area contributed by atoms with E-state index in [1.807, 2.05) is 19.6 Å². The molecule has 0 aliphatic rings. The first-order valence-electron chi connectivity index (χ1n) is 5.05. The molecule has 0 unspecified atom stereocenters. The van der Waals surface area contributed by atoms with Gasteiger partial charge < -0.3 is 10.2 Å². The van der Waals surface area contributed by atoms with Crippen LogP contribution in [0.15, 0.2) is 29.5 Å². The number of carboxylic acids is 1. The highest BCUT2D eigenvalue weighted by molar-refractivity contribution is 6.87. The summed E-state index contributed by atoms with van der Waals surface area (Å²) in [6.45, 7) is 5.98. The lowest BCUT2D eigenvalue weighted by atomic mass is 10.2. The fourth-order valence-corrected chi connectivity index (χ4v) is 2.58. The van der Waals surface area contributed by atoms with Crippen molar-refractivity contribution >= 4 is 20.1 Å². The minimum absolute atomic E-state index is 0.182. The van der Waals surface area contributed by atoms with Crippen molar-refractivity contribution < 1.29 is 15.0 Å². The van der Waals surface area contributed by atoms with E-state index in [1.54, 1.807) is 30.3 Å². The summed E-state index contributed by atoms with van der Waals surface area (Å²) in [5.41, 5.74) is 0.803. The molecule has 0 aliphatic heterocycles. The third kappa shape index (κ3) is 3.24. The van der Waals surface area contributed by atoms with Crippen LogP contribution < -0.4 is 0 Å². The first-order chi connectivity index (χ1) is 7.30. The van der Waals surface area contributed by atoms with Crippen LogP contribution in [0.2, 0.25) is 19.6 Å². The average molecular weight is 236 g/mol. The van der Waals surface area contributed by atoms with Crippen molar-refractivity contribution in [1.82, 2.24) is 0 Å². The summed E-state index contributed by atoms with van der Waals surface area (Å²) < 4.78 is 0. The molecule has 0 saturated carbocycles. The molecule has 86 valence electrons. The maximum Gasteiger partial charge on any atom is 0.327 e. The summed E-state index contributed by atoms with van der Waals surface area (Å²) in [4.78, 5) is 11.1. The van der Waals surface area contributed by atoms with Gasteiger partial charge in [-0.05, 0) is 23.8 Å². The molecule has 16 heavy (non-hydrogen) atoms. The van der Waals surface area contributed by atoms with Crippen molar-refractivity contribution in [2.24, 2.45) is 0 Å².